The molecule has 2 N–H and O–H groups in total. The third-order valence-corrected chi connectivity index (χ3v) is 4.68. The number of benzene rings is 1. The van der Waals surface area contributed by atoms with E-state index in [4.69, 9.17) is 4.74 Å². The molecule has 1 aliphatic rings. The zero-order valence-corrected chi connectivity index (χ0v) is 15.3. The van der Waals surface area contributed by atoms with Gasteiger partial charge in [-0.3, -0.25) is 4.79 Å². The molecule has 0 bridgehead atoms. The fraction of sp³-hybridized carbons (Fsp3) is 0.350. The van der Waals surface area contributed by atoms with Crippen molar-refractivity contribution in [3.8, 4) is 5.75 Å². The largest absolute Gasteiger partial charge is 0.506 e. The number of likely N-dealkylation sites (tertiary alicyclic amines) is 1. The molecule has 2 heterocycles. The van der Waals surface area contributed by atoms with Gasteiger partial charge in [0.15, 0.2) is 0 Å². The number of aromatic nitrogens is 1. The molecule has 1 aliphatic heterocycles. The molecule has 0 radical (unpaired) electrons. The molecule has 2 aromatic rings. The molecule has 28 heavy (non-hydrogen) atoms. The van der Waals surface area contributed by atoms with Crippen molar-refractivity contribution < 1.29 is 23.8 Å². The van der Waals surface area contributed by atoms with E-state index >= 15 is 0 Å². The third kappa shape index (κ3) is 5.42. The van der Waals surface area contributed by atoms with E-state index in [1.165, 1.54) is 30.5 Å². The van der Waals surface area contributed by atoms with Crippen molar-refractivity contribution in [2.75, 3.05) is 19.6 Å². The SMILES string of the molecule is O=C(NCC1CCN(C(=O)OCc2ccc(F)cc2)CC1)c1ccc(O)cn1. The summed E-state index contributed by atoms with van der Waals surface area (Å²) in [4.78, 5) is 29.7. The first-order valence-corrected chi connectivity index (χ1v) is 9.10. The number of nitrogens with one attached hydrogen (secondary N) is 1. The summed E-state index contributed by atoms with van der Waals surface area (Å²) in [7, 11) is 0. The zero-order valence-electron chi connectivity index (χ0n) is 15.3. The summed E-state index contributed by atoms with van der Waals surface area (Å²) in [5.41, 5.74) is 0.981. The number of carbonyl (C=O) groups is 2. The minimum Gasteiger partial charge on any atom is -0.506 e. The number of halogens is 1. The number of piperidine rings is 1. The first-order chi connectivity index (χ1) is 13.5. The van der Waals surface area contributed by atoms with Crippen LogP contribution in [0.1, 0.15) is 28.9 Å². The van der Waals surface area contributed by atoms with E-state index in [1.807, 2.05) is 0 Å². The Morgan fingerprint density at radius 2 is 1.89 bits per heavy atom. The summed E-state index contributed by atoms with van der Waals surface area (Å²) in [6.45, 7) is 1.72. The number of aromatic hydroxyl groups is 1. The van der Waals surface area contributed by atoms with Crippen molar-refractivity contribution in [1.29, 1.82) is 0 Å². The molecule has 1 saturated heterocycles. The third-order valence-electron chi connectivity index (χ3n) is 4.68. The van der Waals surface area contributed by atoms with E-state index in [0.717, 1.165) is 18.4 Å². The van der Waals surface area contributed by atoms with Gasteiger partial charge in [-0.2, -0.15) is 0 Å². The quantitative estimate of drug-likeness (QED) is 0.823. The van der Waals surface area contributed by atoms with Crippen LogP contribution in [0.4, 0.5) is 9.18 Å². The van der Waals surface area contributed by atoms with Gasteiger partial charge in [0.1, 0.15) is 23.9 Å². The van der Waals surface area contributed by atoms with Gasteiger partial charge in [0, 0.05) is 19.6 Å². The smallest absolute Gasteiger partial charge is 0.410 e. The van der Waals surface area contributed by atoms with Crippen LogP contribution in [0.2, 0.25) is 0 Å². The van der Waals surface area contributed by atoms with Crippen LogP contribution in [0.5, 0.6) is 5.75 Å². The Morgan fingerprint density at radius 1 is 1.18 bits per heavy atom. The lowest BCUT2D eigenvalue weighted by Gasteiger charge is -2.31. The fourth-order valence-electron chi connectivity index (χ4n) is 2.98. The van der Waals surface area contributed by atoms with Crippen molar-refractivity contribution in [1.82, 2.24) is 15.2 Å². The number of carbonyl (C=O) groups excluding carboxylic acids is 2. The van der Waals surface area contributed by atoms with E-state index < -0.39 is 0 Å². The number of ether oxygens (including phenoxy) is 1. The Hall–Kier alpha value is -3.16. The minimum atomic E-state index is -0.389. The number of pyridine rings is 1. The van der Waals surface area contributed by atoms with E-state index in [2.05, 4.69) is 10.3 Å². The highest BCUT2D eigenvalue weighted by Crippen LogP contribution is 2.18. The Kier molecular flexibility index (Phi) is 6.41. The summed E-state index contributed by atoms with van der Waals surface area (Å²) in [5.74, 6) is -0.344. The second kappa shape index (κ2) is 9.16. The van der Waals surface area contributed by atoms with Crippen LogP contribution in [0.15, 0.2) is 42.6 Å². The average molecular weight is 387 g/mol. The molecule has 148 valence electrons. The van der Waals surface area contributed by atoms with Gasteiger partial charge in [-0.1, -0.05) is 12.1 Å². The van der Waals surface area contributed by atoms with Crippen LogP contribution in [0.25, 0.3) is 0 Å². The highest BCUT2D eigenvalue weighted by Gasteiger charge is 2.24. The van der Waals surface area contributed by atoms with Gasteiger partial charge in [0.05, 0.1) is 6.20 Å². The van der Waals surface area contributed by atoms with E-state index in [-0.39, 0.29) is 41.8 Å². The van der Waals surface area contributed by atoms with Crippen LogP contribution in [0.3, 0.4) is 0 Å². The van der Waals surface area contributed by atoms with Gasteiger partial charge in [-0.25, -0.2) is 14.2 Å². The first-order valence-electron chi connectivity index (χ1n) is 9.10. The Bertz CT molecular complexity index is 803. The van der Waals surface area contributed by atoms with Gasteiger partial charge in [0.2, 0.25) is 0 Å². The first kappa shape index (κ1) is 19.6. The second-order valence-corrected chi connectivity index (χ2v) is 6.72. The Morgan fingerprint density at radius 3 is 2.54 bits per heavy atom. The van der Waals surface area contributed by atoms with Crippen LogP contribution in [-0.4, -0.2) is 46.6 Å². The van der Waals surface area contributed by atoms with Crippen molar-refractivity contribution in [2.45, 2.75) is 19.4 Å². The molecule has 3 rings (SSSR count). The van der Waals surface area contributed by atoms with Crippen molar-refractivity contribution in [3.63, 3.8) is 0 Å². The predicted molar refractivity (Wildman–Crippen MR) is 99.1 cm³/mol. The zero-order chi connectivity index (χ0) is 19.9. The number of rotatable bonds is 5. The average Bonchev–Trinajstić information content (AvgIpc) is 2.72. The van der Waals surface area contributed by atoms with Crippen LogP contribution < -0.4 is 5.32 Å². The highest BCUT2D eigenvalue weighted by atomic mass is 19.1. The highest BCUT2D eigenvalue weighted by molar-refractivity contribution is 5.92. The van der Waals surface area contributed by atoms with Gasteiger partial charge >= 0.3 is 6.09 Å². The molecule has 1 aromatic heterocycles. The second-order valence-electron chi connectivity index (χ2n) is 6.72. The summed E-state index contributed by atoms with van der Waals surface area (Å²) in [5, 5.41) is 12.0. The van der Waals surface area contributed by atoms with Gasteiger partial charge in [0.25, 0.3) is 5.91 Å². The standard InChI is InChI=1S/C20H22FN3O4/c21-16-3-1-15(2-4-16)13-28-20(27)24-9-7-14(8-10-24)11-23-19(26)18-6-5-17(25)12-22-18/h1-6,12,14,25H,7-11,13H2,(H,23,26). The summed E-state index contributed by atoms with van der Waals surface area (Å²) < 4.78 is 18.2. The summed E-state index contributed by atoms with van der Waals surface area (Å²) in [6, 6.07) is 8.70. The van der Waals surface area contributed by atoms with Gasteiger partial charge < -0.3 is 20.1 Å². The Balaban J connectivity index is 1.37. The molecule has 1 aromatic carbocycles. The maximum Gasteiger partial charge on any atom is 0.410 e. The molecule has 0 saturated carbocycles. The lowest BCUT2D eigenvalue weighted by molar-refractivity contribution is 0.0800. The number of nitrogens with zero attached hydrogens (tertiary/aromatic N) is 2. The van der Waals surface area contributed by atoms with Crippen LogP contribution in [0, 0.1) is 11.7 Å². The van der Waals surface area contributed by atoms with Crippen LogP contribution in [-0.2, 0) is 11.3 Å². The van der Waals surface area contributed by atoms with Crippen LogP contribution >= 0.6 is 0 Å². The Labute approximate surface area is 162 Å². The van der Waals surface area contributed by atoms with Gasteiger partial charge in [-0.05, 0) is 48.6 Å². The molecule has 0 atom stereocenters. The fourth-order valence-corrected chi connectivity index (χ4v) is 2.98. The van der Waals surface area contributed by atoms with Gasteiger partial charge in [-0.15, -0.1) is 0 Å². The molecular formula is C20H22FN3O4. The topological polar surface area (TPSA) is 91.8 Å². The number of amides is 2. The normalized spacial score (nSPS) is 14.5. The summed E-state index contributed by atoms with van der Waals surface area (Å²) in [6.07, 6.45) is 2.36. The molecule has 7 nitrogen and oxygen atoms in total. The van der Waals surface area contributed by atoms with Crippen molar-refractivity contribution in [3.05, 3.63) is 59.7 Å². The van der Waals surface area contributed by atoms with E-state index in [1.54, 1.807) is 17.0 Å². The minimum absolute atomic E-state index is 0.00948. The lowest BCUT2D eigenvalue weighted by Crippen LogP contribution is -2.41. The molecular weight excluding hydrogens is 365 g/mol. The molecule has 1 fully saturated rings. The number of hydrogen-bond donors (Lipinski definition) is 2. The van der Waals surface area contributed by atoms with Crippen molar-refractivity contribution in [2.24, 2.45) is 5.92 Å². The molecule has 0 aliphatic carbocycles. The lowest BCUT2D eigenvalue weighted by atomic mass is 9.97. The van der Waals surface area contributed by atoms with E-state index in [0.29, 0.717) is 19.6 Å². The maximum atomic E-state index is 12.9. The number of hydrogen-bond acceptors (Lipinski definition) is 5. The van der Waals surface area contributed by atoms with Crippen molar-refractivity contribution >= 4 is 12.0 Å². The molecule has 2 amide bonds. The monoisotopic (exact) mass is 387 g/mol. The molecule has 8 heteroatoms. The maximum absolute atomic E-state index is 12.9. The molecule has 0 unspecified atom stereocenters. The van der Waals surface area contributed by atoms with E-state index in [9.17, 15) is 19.1 Å². The predicted octanol–water partition coefficient (Wildman–Crippen LogP) is 2.70. The molecule has 0 spiro atoms. The summed E-state index contributed by atoms with van der Waals surface area (Å²) >= 11 is 0.